The van der Waals surface area contributed by atoms with Crippen LogP contribution in [-0.4, -0.2) is 4.98 Å². The molecule has 0 aliphatic rings. The maximum Gasteiger partial charge on any atom is 0.0737 e. The van der Waals surface area contributed by atoms with Gasteiger partial charge in [-0.2, -0.15) is 0 Å². The fraction of sp³-hybridized carbons (Fsp3) is 0.150. The SMILES string of the molecule is Cc1ccc2cccc(CCc3cc4ccccc4s3)c2n1. The van der Waals surface area contributed by atoms with Crippen molar-refractivity contribution in [2.45, 2.75) is 19.8 Å². The third-order valence-corrected chi connectivity index (χ3v) is 5.24. The number of para-hydroxylation sites is 1. The van der Waals surface area contributed by atoms with Crippen molar-refractivity contribution in [3.8, 4) is 0 Å². The number of nitrogens with zero attached hydrogens (tertiary/aromatic N) is 1. The van der Waals surface area contributed by atoms with Crippen molar-refractivity contribution < 1.29 is 0 Å². The molecular weight excluding hydrogens is 286 g/mol. The summed E-state index contributed by atoms with van der Waals surface area (Å²) in [6, 6.07) is 21.7. The Labute approximate surface area is 134 Å². The predicted molar refractivity (Wildman–Crippen MR) is 95.7 cm³/mol. The Morgan fingerprint density at radius 3 is 2.64 bits per heavy atom. The molecule has 0 saturated carbocycles. The van der Waals surface area contributed by atoms with Crippen LogP contribution in [0.2, 0.25) is 0 Å². The van der Waals surface area contributed by atoms with Gasteiger partial charge in [0.25, 0.3) is 0 Å². The Balaban J connectivity index is 1.64. The normalized spacial score (nSPS) is 11.3. The first-order valence-electron chi connectivity index (χ1n) is 7.62. The second kappa shape index (κ2) is 5.54. The molecular formula is C20H17NS. The molecule has 2 aromatic heterocycles. The van der Waals surface area contributed by atoms with E-state index in [2.05, 4.69) is 67.6 Å². The molecule has 0 N–H and O–H groups in total. The average molecular weight is 303 g/mol. The molecule has 0 fully saturated rings. The molecule has 0 bridgehead atoms. The van der Waals surface area contributed by atoms with Gasteiger partial charge < -0.3 is 0 Å². The van der Waals surface area contributed by atoms with E-state index < -0.39 is 0 Å². The summed E-state index contributed by atoms with van der Waals surface area (Å²) in [6.45, 7) is 2.06. The lowest BCUT2D eigenvalue weighted by molar-refractivity contribution is 0.985. The van der Waals surface area contributed by atoms with Crippen molar-refractivity contribution in [1.82, 2.24) is 4.98 Å². The molecule has 0 spiro atoms. The smallest absolute Gasteiger partial charge is 0.0737 e. The first-order valence-corrected chi connectivity index (χ1v) is 8.44. The second-order valence-electron chi connectivity index (χ2n) is 5.69. The summed E-state index contributed by atoms with van der Waals surface area (Å²) in [5.41, 5.74) is 3.59. The second-order valence-corrected chi connectivity index (χ2v) is 6.86. The van der Waals surface area contributed by atoms with E-state index in [9.17, 15) is 0 Å². The molecule has 0 unspecified atom stereocenters. The van der Waals surface area contributed by atoms with Crippen LogP contribution in [0.5, 0.6) is 0 Å². The summed E-state index contributed by atoms with van der Waals surface area (Å²) < 4.78 is 1.38. The molecule has 1 nitrogen and oxygen atoms in total. The van der Waals surface area contributed by atoms with Crippen molar-refractivity contribution in [1.29, 1.82) is 0 Å². The van der Waals surface area contributed by atoms with Crippen LogP contribution in [0.4, 0.5) is 0 Å². The van der Waals surface area contributed by atoms with Gasteiger partial charge >= 0.3 is 0 Å². The largest absolute Gasteiger partial charge is 0.253 e. The highest BCUT2D eigenvalue weighted by atomic mass is 32.1. The van der Waals surface area contributed by atoms with Crippen molar-refractivity contribution >= 4 is 32.3 Å². The third kappa shape index (κ3) is 2.51. The van der Waals surface area contributed by atoms with Crippen LogP contribution in [-0.2, 0) is 12.8 Å². The number of aryl methyl sites for hydroxylation is 3. The topological polar surface area (TPSA) is 12.9 Å². The van der Waals surface area contributed by atoms with Gasteiger partial charge in [-0.15, -0.1) is 11.3 Å². The quantitative estimate of drug-likeness (QED) is 0.484. The molecule has 0 aliphatic carbocycles. The van der Waals surface area contributed by atoms with Crippen molar-refractivity contribution in [2.75, 3.05) is 0 Å². The van der Waals surface area contributed by atoms with Crippen LogP contribution in [0.3, 0.4) is 0 Å². The predicted octanol–water partition coefficient (Wildman–Crippen LogP) is 5.54. The molecule has 0 radical (unpaired) electrons. The molecule has 2 heterocycles. The monoisotopic (exact) mass is 303 g/mol. The van der Waals surface area contributed by atoms with Gasteiger partial charge in [0.05, 0.1) is 5.52 Å². The number of aromatic nitrogens is 1. The van der Waals surface area contributed by atoms with Crippen LogP contribution < -0.4 is 0 Å². The van der Waals surface area contributed by atoms with E-state index in [1.165, 1.54) is 25.9 Å². The Morgan fingerprint density at radius 1 is 0.864 bits per heavy atom. The summed E-state index contributed by atoms with van der Waals surface area (Å²) in [7, 11) is 0. The summed E-state index contributed by atoms with van der Waals surface area (Å²) in [5.74, 6) is 0. The maximum absolute atomic E-state index is 4.73. The molecule has 2 heteroatoms. The molecule has 2 aromatic carbocycles. The summed E-state index contributed by atoms with van der Waals surface area (Å²) in [6.07, 6.45) is 2.12. The van der Waals surface area contributed by atoms with E-state index >= 15 is 0 Å². The zero-order valence-electron chi connectivity index (χ0n) is 12.5. The van der Waals surface area contributed by atoms with E-state index in [1.807, 2.05) is 11.3 Å². The van der Waals surface area contributed by atoms with E-state index in [4.69, 9.17) is 4.98 Å². The number of thiophene rings is 1. The fourth-order valence-corrected chi connectivity index (χ4v) is 3.99. The van der Waals surface area contributed by atoms with Gasteiger partial charge in [-0.1, -0.05) is 42.5 Å². The molecule has 0 saturated heterocycles. The van der Waals surface area contributed by atoms with E-state index in [0.29, 0.717) is 0 Å². The lowest BCUT2D eigenvalue weighted by Gasteiger charge is -2.06. The van der Waals surface area contributed by atoms with E-state index in [0.717, 1.165) is 24.1 Å². The van der Waals surface area contributed by atoms with E-state index in [1.54, 1.807) is 0 Å². The third-order valence-electron chi connectivity index (χ3n) is 4.06. The minimum atomic E-state index is 1.04. The highest BCUT2D eigenvalue weighted by Gasteiger charge is 2.06. The van der Waals surface area contributed by atoms with Crippen molar-refractivity contribution in [3.05, 3.63) is 76.8 Å². The maximum atomic E-state index is 4.73. The Hall–Kier alpha value is -2.19. The van der Waals surface area contributed by atoms with Crippen LogP contribution >= 0.6 is 11.3 Å². The van der Waals surface area contributed by atoms with Crippen LogP contribution in [0.1, 0.15) is 16.1 Å². The van der Waals surface area contributed by atoms with Crippen molar-refractivity contribution in [3.63, 3.8) is 0 Å². The van der Waals surface area contributed by atoms with Crippen LogP contribution in [0, 0.1) is 6.92 Å². The first kappa shape index (κ1) is 13.5. The minimum Gasteiger partial charge on any atom is -0.253 e. The number of hydrogen-bond acceptors (Lipinski definition) is 2. The molecule has 4 rings (SSSR count). The lowest BCUT2D eigenvalue weighted by atomic mass is 10.0. The van der Waals surface area contributed by atoms with Crippen LogP contribution in [0.25, 0.3) is 21.0 Å². The zero-order chi connectivity index (χ0) is 14.9. The van der Waals surface area contributed by atoms with Gasteiger partial charge in [0.1, 0.15) is 0 Å². The Bertz CT molecular complexity index is 919. The fourth-order valence-electron chi connectivity index (χ4n) is 2.93. The number of rotatable bonds is 3. The Morgan fingerprint density at radius 2 is 1.73 bits per heavy atom. The zero-order valence-corrected chi connectivity index (χ0v) is 13.4. The summed E-state index contributed by atoms with van der Waals surface area (Å²) in [5, 5.41) is 2.59. The highest BCUT2D eigenvalue weighted by Crippen LogP contribution is 2.27. The summed E-state index contributed by atoms with van der Waals surface area (Å²) >= 11 is 1.90. The van der Waals surface area contributed by atoms with Gasteiger partial charge in [-0.3, -0.25) is 4.98 Å². The number of fused-ring (bicyclic) bond motifs is 2. The molecule has 0 aliphatic heterocycles. The number of benzene rings is 2. The lowest BCUT2D eigenvalue weighted by Crippen LogP contribution is -1.93. The van der Waals surface area contributed by atoms with Gasteiger partial charge in [-0.25, -0.2) is 0 Å². The Kier molecular flexibility index (Phi) is 3.39. The van der Waals surface area contributed by atoms with Crippen molar-refractivity contribution in [2.24, 2.45) is 0 Å². The standard InChI is InChI=1S/C20H17NS/c1-14-9-10-15-6-4-7-16(20(15)21-14)11-12-18-13-17-5-2-3-8-19(17)22-18/h2-10,13H,11-12H2,1H3. The molecule has 22 heavy (non-hydrogen) atoms. The van der Waals surface area contributed by atoms with E-state index in [-0.39, 0.29) is 0 Å². The molecule has 4 aromatic rings. The van der Waals surface area contributed by atoms with Crippen LogP contribution in [0.15, 0.2) is 60.7 Å². The van der Waals surface area contributed by atoms with Gasteiger partial charge in [0, 0.05) is 20.7 Å². The van der Waals surface area contributed by atoms with Gasteiger partial charge in [0.2, 0.25) is 0 Å². The van der Waals surface area contributed by atoms with Gasteiger partial charge in [0.15, 0.2) is 0 Å². The number of pyridine rings is 1. The number of hydrogen-bond donors (Lipinski definition) is 0. The summed E-state index contributed by atoms with van der Waals surface area (Å²) in [4.78, 5) is 6.18. The molecule has 108 valence electrons. The highest BCUT2D eigenvalue weighted by molar-refractivity contribution is 7.19. The van der Waals surface area contributed by atoms with Gasteiger partial charge in [-0.05, 0) is 48.9 Å². The molecule has 0 amide bonds. The minimum absolute atomic E-state index is 1.04. The molecule has 0 atom stereocenters. The first-order chi connectivity index (χ1) is 10.8. The average Bonchev–Trinajstić information content (AvgIpc) is 2.95.